The zero-order valence-electron chi connectivity index (χ0n) is 15.6. The summed E-state index contributed by atoms with van der Waals surface area (Å²) in [4.78, 5) is 2.30. The molecule has 0 saturated carbocycles. The van der Waals surface area contributed by atoms with E-state index in [0.29, 0.717) is 10.6 Å². The Morgan fingerprint density at radius 1 is 1.07 bits per heavy atom. The minimum atomic E-state index is -1.61. The summed E-state index contributed by atoms with van der Waals surface area (Å²) >= 11 is 6.25. The molecule has 0 bridgehead atoms. The van der Waals surface area contributed by atoms with E-state index in [4.69, 9.17) is 11.6 Å². The predicted molar refractivity (Wildman–Crippen MR) is 107 cm³/mol. The highest BCUT2D eigenvalue weighted by molar-refractivity contribution is 6.31. The fraction of sp³-hybridized carbons (Fsp3) is 0.364. The Hall–Kier alpha value is -1.91. The monoisotopic (exact) mass is 388 g/mol. The van der Waals surface area contributed by atoms with Gasteiger partial charge < -0.3 is 9.47 Å². The summed E-state index contributed by atoms with van der Waals surface area (Å²) in [6.07, 6.45) is 1.80. The molecule has 2 heterocycles. The molecule has 142 valence electrons. The first-order valence-corrected chi connectivity index (χ1v) is 9.66. The van der Waals surface area contributed by atoms with E-state index in [0.717, 1.165) is 36.8 Å². The SMILES string of the molecule is CN1CCc2c(n(CC(C)(F)c3ccc(F)cc3)c3ccc(Cl)cc23)CC1. The lowest BCUT2D eigenvalue weighted by Crippen LogP contribution is -2.25. The molecule has 1 unspecified atom stereocenters. The van der Waals surface area contributed by atoms with Crippen molar-refractivity contribution in [1.29, 1.82) is 0 Å². The minimum absolute atomic E-state index is 0.190. The first-order chi connectivity index (χ1) is 12.8. The second-order valence-corrected chi connectivity index (χ2v) is 8.12. The van der Waals surface area contributed by atoms with Crippen LogP contribution in [0.15, 0.2) is 42.5 Å². The second kappa shape index (κ2) is 6.92. The molecular weight excluding hydrogens is 366 g/mol. The van der Waals surface area contributed by atoms with Crippen LogP contribution in [-0.4, -0.2) is 29.6 Å². The molecule has 0 spiro atoms. The average Bonchev–Trinajstić information content (AvgIpc) is 2.76. The lowest BCUT2D eigenvalue weighted by atomic mass is 9.97. The topological polar surface area (TPSA) is 8.17 Å². The molecule has 0 aliphatic carbocycles. The number of nitrogens with zero attached hydrogens (tertiary/aromatic N) is 2. The average molecular weight is 389 g/mol. The molecule has 0 saturated heterocycles. The maximum absolute atomic E-state index is 15.7. The summed E-state index contributed by atoms with van der Waals surface area (Å²) in [6.45, 7) is 3.67. The zero-order valence-corrected chi connectivity index (χ0v) is 16.4. The van der Waals surface area contributed by atoms with Gasteiger partial charge >= 0.3 is 0 Å². The number of fused-ring (bicyclic) bond motifs is 3. The van der Waals surface area contributed by atoms with Crippen molar-refractivity contribution < 1.29 is 8.78 Å². The van der Waals surface area contributed by atoms with Gasteiger partial charge in [0.25, 0.3) is 0 Å². The fourth-order valence-electron chi connectivity index (χ4n) is 4.09. The lowest BCUT2D eigenvalue weighted by Gasteiger charge is -2.24. The van der Waals surface area contributed by atoms with Gasteiger partial charge in [-0.25, -0.2) is 8.78 Å². The van der Waals surface area contributed by atoms with E-state index in [2.05, 4.69) is 16.5 Å². The number of hydrogen-bond acceptors (Lipinski definition) is 1. The Balaban J connectivity index is 1.82. The van der Waals surface area contributed by atoms with Gasteiger partial charge in [-0.2, -0.15) is 0 Å². The van der Waals surface area contributed by atoms with E-state index < -0.39 is 5.67 Å². The third-order valence-corrected chi connectivity index (χ3v) is 5.86. The third-order valence-electron chi connectivity index (χ3n) is 5.62. The molecule has 0 radical (unpaired) electrons. The summed E-state index contributed by atoms with van der Waals surface area (Å²) in [7, 11) is 2.11. The summed E-state index contributed by atoms with van der Waals surface area (Å²) in [5.74, 6) is -0.354. The van der Waals surface area contributed by atoms with Crippen molar-refractivity contribution in [2.45, 2.75) is 32.0 Å². The van der Waals surface area contributed by atoms with Gasteiger partial charge in [0, 0.05) is 41.1 Å². The van der Waals surface area contributed by atoms with Crippen LogP contribution in [0.5, 0.6) is 0 Å². The molecule has 0 fully saturated rings. The largest absolute Gasteiger partial charge is 0.341 e. The van der Waals surface area contributed by atoms with Crippen LogP contribution < -0.4 is 0 Å². The van der Waals surface area contributed by atoms with E-state index in [1.165, 1.54) is 35.5 Å². The Morgan fingerprint density at radius 3 is 2.52 bits per heavy atom. The molecule has 3 aromatic rings. The molecule has 27 heavy (non-hydrogen) atoms. The summed E-state index contributed by atoms with van der Waals surface area (Å²) < 4.78 is 31.1. The van der Waals surface area contributed by atoms with Crippen molar-refractivity contribution in [2.75, 3.05) is 20.1 Å². The molecule has 1 atom stereocenters. The smallest absolute Gasteiger partial charge is 0.151 e. The van der Waals surface area contributed by atoms with E-state index in [9.17, 15) is 4.39 Å². The number of halogens is 3. The van der Waals surface area contributed by atoms with Crippen LogP contribution in [0.4, 0.5) is 8.78 Å². The van der Waals surface area contributed by atoms with Gasteiger partial charge in [-0.05, 0) is 61.9 Å². The van der Waals surface area contributed by atoms with Crippen molar-refractivity contribution in [1.82, 2.24) is 9.47 Å². The van der Waals surface area contributed by atoms with E-state index >= 15 is 4.39 Å². The van der Waals surface area contributed by atoms with Crippen LogP contribution in [0.3, 0.4) is 0 Å². The number of alkyl halides is 1. The maximum Gasteiger partial charge on any atom is 0.151 e. The zero-order chi connectivity index (χ0) is 19.2. The summed E-state index contributed by atoms with van der Waals surface area (Å²) in [6, 6.07) is 11.5. The number of benzene rings is 2. The Morgan fingerprint density at radius 2 is 1.78 bits per heavy atom. The number of likely N-dealkylation sites (N-methyl/N-ethyl adjacent to an activating group) is 1. The molecule has 2 nitrogen and oxygen atoms in total. The number of aromatic nitrogens is 1. The molecule has 2 aromatic carbocycles. The quantitative estimate of drug-likeness (QED) is 0.587. The third kappa shape index (κ3) is 3.48. The molecule has 4 rings (SSSR count). The lowest BCUT2D eigenvalue weighted by molar-refractivity contribution is 0.162. The highest BCUT2D eigenvalue weighted by Gasteiger charge is 2.30. The number of hydrogen-bond donors (Lipinski definition) is 0. The van der Waals surface area contributed by atoms with Crippen molar-refractivity contribution in [3.8, 4) is 0 Å². The molecule has 0 amide bonds. The van der Waals surface area contributed by atoms with Crippen LogP contribution in [0.25, 0.3) is 10.9 Å². The molecule has 1 aromatic heterocycles. The number of rotatable bonds is 3. The van der Waals surface area contributed by atoms with Gasteiger partial charge in [-0.1, -0.05) is 23.7 Å². The Bertz CT molecular complexity index is 976. The van der Waals surface area contributed by atoms with Crippen LogP contribution in [-0.2, 0) is 25.1 Å². The van der Waals surface area contributed by atoms with Gasteiger partial charge in [0.1, 0.15) is 5.82 Å². The highest BCUT2D eigenvalue weighted by Crippen LogP contribution is 2.35. The molecule has 1 aliphatic heterocycles. The van der Waals surface area contributed by atoms with E-state index in [1.807, 2.05) is 18.2 Å². The maximum atomic E-state index is 15.7. The first-order valence-electron chi connectivity index (χ1n) is 9.28. The van der Waals surface area contributed by atoms with Crippen molar-refractivity contribution >= 4 is 22.5 Å². The van der Waals surface area contributed by atoms with Gasteiger partial charge in [-0.3, -0.25) is 0 Å². The first kappa shape index (κ1) is 18.5. The summed E-state index contributed by atoms with van der Waals surface area (Å²) in [5.41, 5.74) is 2.35. The van der Waals surface area contributed by atoms with Crippen molar-refractivity contribution in [3.63, 3.8) is 0 Å². The van der Waals surface area contributed by atoms with Gasteiger partial charge in [0.15, 0.2) is 5.67 Å². The van der Waals surface area contributed by atoms with Crippen molar-refractivity contribution in [2.24, 2.45) is 0 Å². The van der Waals surface area contributed by atoms with E-state index in [1.54, 1.807) is 6.92 Å². The van der Waals surface area contributed by atoms with Gasteiger partial charge in [0.05, 0.1) is 6.54 Å². The molecule has 5 heteroatoms. The molecule has 0 N–H and O–H groups in total. The van der Waals surface area contributed by atoms with Crippen LogP contribution in [0.2, 0.25) is 5.02 Å². The minimum Gasteiger partial charge on any atom is -0.341 e. The predicted octanol–water partition coefficient (Wildman–Crippen LogP) is 5.35. The standard InChI is InChI=1S/C22H23ClF2N2/c1-22(25,15-3-6-17(24)7-4-15)14-27-20-8-5-16(23)13-19(20)18-9-11-26(2)12-10-21(18)27/h3-8,13H,9-12,14H2,1-2H3. The van der Waals surface area contributed by atoms with Crippen LogP contribution in [0, 0.1) is 5.82 Å². The van der Waals surface area contributed by atoms with Crippen molar-refractivity contribution in [3.05, 3.63) is 70.1 Å². The van der Waals surface area contributed by atoms with Gasteiger partial charge in [0.2, 0.25) is 0 Å². The Kier molecular flexibility index (Phi) is 4.73. The van der Waals surface area contributed by atoms with Crippen LogP contribution in [0.1, 0.15) is 23.7 Å². The fourth-order valence-corrected chi connectivity index (χ4v) is 4.26. The summed E-state index contributed by atoms with van der Waals surface area (Å²) in [5, 5.41) is 1.81. The van der Waals surface area contributed by atoms with Gasteiger partial charge in [-0.15, -0.1) is 0 Å². The van der Waals surface area contributed by atoms with E-state index in [-0.39, 0.29) is 12.4 Å². The Labute approximate surface area is 163 Å². The highest BCUT2D eigenvalue weighted by atomic mass is 35.5. The molecule has 1 aliphatic rings. The second-order valence-electron chi connectivity index (χ2n) is 7.68. The normalized spacial score (nSPS) is 17.5. The van der Waals surface area contributed by atoms with Crippen LogP contribution >= 0.6 is 11.6 Å². The molecular formula is C22H23ClF2N2.